The van der Waals surface area contributed by atoms with Gasteiger partial charge in [0.2, 0.25) is 0 Å². The molecule has 1 aromatic rings. The van der Waals surface area contributed by atoms with E-state index in [1.165, 1.54) is 0 Å². The standard InChI is InChI=1S/C14H20N2O2S/c1-2-10-19-14-12(4-3-7-15-14)13(17)16-11-5-8-18-9-6-11/h3-4,7,11H,2,5-6,8-10H2,1H3,(H,16,17). The SMILES string of the molecule is CCCSc1ncccc1C(=O)NC1CCOCC1. The van der Waals surface area contributed by atoms with E-state index in [1.807, 2.05) is 12.1 Å². The minimum absolute atomic E-state index is 0.0152. The van der Waals surface area contributed by atoms with Gasteiger partial charge in [0.25, 0.3) is 5.91 Å². The third kappa shape index (κ3) is 4.21. The predicted octanol–water partition coefficient (Wildman–Crippen LogP) is 2.49. The summed E-state index contributed by atoms with van der Waals surface area (Å²) in [6.45, 7) is 3.59. The summed E-state index contributed by atoms with van der Waals surface area (Å²) in [5.74, 6) is 0.966. The molecule has 4 nitrogen and oxygen atoms in total. The molecule has 2 rings (SSSR count). The largest absolute Gasteiger partial charge is 0.381 e. The minimum Gasteiger partial charge on any atom is -0.381 e. The third-order valence-electron chi connectivity index (χ3n) is 3.02. The Morgan fingerprint density at radius 1 is 1.53 bits per heavy atom. The summed E-state index contributed by atoms with van der Waals surface area (Å²) in [6.07, 6.45) is 4.60. The number of hydrogen-bond acceptors (Lipinski definition) is 4. The van der Waals surface area contributed by atoms with Gasteiger partial charge in [-0.05, 0) is 37.1 Å². The van der Waals surface area contributed by atoms with Crippen LogP contribution >= 0.6 is 11.8 Å². The zero-order chi connectivity index (χ0) is 13.5. The molecular formula is C14H20N2O2S. The molecule has 1 aliphatic heterocycles. The van der Waals surface area contributed by atoms with Gasteiger partial charge < -0.3 is 10.1 Å². The first-order chi connectivity index (χ1) is 9.31. The van der Waals surface area contributed by atoms with Gasteiger partial charge >= 0.3 is 0 Å². The maximum atomic E-state index is 12.3. The zero-order valence-corrected chi connectivity index (χ0v) is 12.0. The monoisotopic (exact) mass is 280 g/mol. The van der Waals surface area contributed by atoms with Crippen LogP contribution in [0.25, 0.3) is 0 Å². The lowest BCUT2D eigenvalue weighted by Crippen LogP contribution is -2.39. The molecule has 0 aromatic carbocycles. The van der Waals surface area contributed by atoms with Crippen molar-refractivity contribution in [1.82, 2.24) is 10.3 Å². The Balaban J connectivity index is 2.00. The zero-order valence-electron chi connectivity index (χ0n) is 11.2. The number of hydrogen-bond donors (Lipinski definition) is 1. The number of ether oxygens (including phenoxy) is 1. The van der Waals surface area contributed by atoms with Crippen molar-refractivity contribution in [3.63, 3.8) is 0 Å². The number of nitrogens with one attached hydrogen (secondary N) is 1. The van der Waals surface area contributed by atoms with Gasteiger partial charge in [-0.25, -0.2) is 4.98 Å². The van der Waals surface area contributed by atoms with Crippen molar-refractivity contribution in [1.29, 1.82) is 0 Å². The van der Waals surface area contributed by atoms with E-state index in [-0.39, 0.29) is 11.9 Å². The van der Waals surface area contributed by atoms with Gasteiger partial charge in [0, 0.05) is 25.5 Å². The first-order valence-corrected chi connectivity index (χ1v) is 7.76. The second kappa shape index (κ2) is 7.50. The Hall–Kier alpha value is -1.07. The molecule has 0 bridgehead atoms. The van der Waals surface area contributed by atoms with Crippen molar-refractivity contribution >= 4 is 17.7 Å². The van der Waals surface area contributed by atoms with Crippen LogP contribution < -0.4 is 5.32 Å². The molecule has 1 fully saturated rings. The van der Waals surface area contributed by atoms with Crippen molar-refractivity contribution < 1.29 is 9.53 Å². The average Bonchev–Trinajstić information content (AvgIpc) is 2.46. The van der Waals surface area contributed by atoms with E-state index in [0.717, 1.165) is 43.3 Å². The summed E-state index contributed by atoms with van der Waals surface area (Å²) < 4.78 is 5.30. The van der Waals surface area contributed by atoms with E-state index < -0.39 is 0 Å². The van der Waals surface area contributed by atoms with Crippen molar-refractivity contribution in [3.8, 4) is 0 Å². The number of rotatable bonds is 5. The third-order valence-corrected chi connectivity index (χ3v) is 4.23. The molecule has 1 aliphatic rings. The van der Waals surface area contributed by atoms with Crippen LogP contribution in [0, 0.1) is 0 Å². The quantitative estimate of drug-likeness (QED) is 0.842. The summed E-state index contributed by atoms with van der Waals surface area (Å²) in [4.78, 5) is 16.6. The smallest absolute Gasteiger partial charge is 0.254 e. The van der Waals surface area contributed by atoms with Crippen LogP contribution in [0.4, 0.5) is 0 Å². The van der Waals surface area contributed by atoms with Crippen molar-refractivity contribution in [3.05, 3.63) is 23.9 Å². The number of amides is 1. The van der Waals surface area contributed by atoms with Gasteiger partial charge in [-0.1, -0.05) is 6.92 Å². The number of pyridine rings is 1. The highest BCUT2D eigenvalue weighted by Crippen LogP contribution is 2.21. The van der Waals surface area contributed by atoms with Crippen LogP contribution in [0.1, 0.15) is 36.5 Å². The molecule has 2 heterocycles. The number of nitrogens with zero attached hydrogens (tertiary/aromatic N) is 1. The first kappa shape index (κ1) is 14.3. The molecule has 0 spiro atoms. The van der Waals surface area contributed by atoms with Crippen molar-refractivity contribution in [2.75, 3.05) is 19.0 Å². The lowest BCUT2D eigenvalue weighted by atomic mass is 10.1. The summed E-state index contributed by atoms with van der Waals surface area (Å²) >= 11 is 1.64. The molecule has 0 atom stereocenters. The van der Waals surface area contributed by atoms with Crippen molar-refractivity contribution in [2.45, 2.75) is 37.3 Å². The van der Waals surface area contributed by atoms with Gasteiger partial charge in [-0.3, -0.25) is 4.79 Å². The summed E-state index contributed by atoms with van der Waals surface area (Å²) in [7, 11) is 0. The molecular weight excluding hydrogens is 260 g/mol. The average molecular weight is 280 g/mol. The van der Waals surface area contributed by atoms with E-state index in [1.54, 1.807) is 18.0 Å². The number of carbonyl (C=O) groups excluding carboxylic acids is 1. The maximum Gasteiger partial charge on any atom is 0.254 e. The van der Waals surface area contributed by atoms with Crippen LogP contribution in [0.2, 0.25) is 0 Å². The molecule has 104 valence electrons. The molecule has 1 N–H and O–H groups in total. The lowest BCUT2D eigenvalue weighted by Gasteiger charge is -2.23. The van der Waals surface area contributed by atoms with E-state index >= 15 is 0 Å². The maximum absolute atomic E-state index is 12.3. The Labute approximate surface area is 118 Å². The molecule has 0 unspecified atom stereocenters. The first-order valence-electron chi connectivity index (χ1n) is 6.77. The molecule has 0 saturated carbocycles. The fraction of sp³-hybridized carbons (Fsp3) is 0.571. The highest BCUT2D eigenvalue weighted by Gasteiger charge is 2.19. The van der Waals surface area contributed by atoms with E-state index in [4.69, 9.17) is 4.74 Å². The Kier molecular flexibility index (Phi) is 5.66. The van der Waals surface area contributed by atoms with Gasteiger partial charge in [-0.15, -0.1) is 11.8 Å². The van der Waals surface area contributed by atoms with Gasteiger partial charge in [0.15, 0.2) is 0 Å². The van der Waals surface area contributed by atoms with E-state index in [9.17, 15) is 4.79 Å². The Morgan fingerprint density at radius 2 is 2.32 bits per heavy atom. The molecule has 0 radical (unpaired) electrons. The van der Waals surface area contributed by atoms with Gasteiger partial charge in [0.05, 0.1) is 5.56 Å². The number of thioether (sulfide) groups is 1. The molecule has 5 heteroatoms. The summed E-state index contributed by atoms with van der Waals surface area (Å²) in [5, 5.41) is 3.91. The number of carbonyl (C=O) groups is 1. The fourth-order valence-corrected chi connectivity index (χ4v) is 2.83. The van der Waals surface area contributed by atoms with Crippen LogP contribution in [0.3, 0.4) is 0 Å². The summed E-state index contributed by atoms with van der Waals surface area (Å²) in [5.41, 5.74) is 0.687. The van der Waals surface area contributed by atoms with Crippen LogP contribution in [-0.2, 0) is 4.74 Å². The van der Waals surface area contributed by atoms with Crippen LogP contribution in [0.15, 0.2) is 23.4 Å². The molecule has 0 aliphatic carbocycles. The van der Waals surface area contributed by atoms with Crippen molar-refractivity contribution in [2.24, 2.45) is 0 Å². The molecule has 19 heavy (non-hydrogen) atoms. The Morgan fingerprint density at radius 3 is 3.05 bits per heavy atom. The van der Waals surface area contributed by atoms with E-state index in [0.29, 0.717) is 5.56 Å². The summed E-state index contributed by atoms with van der Waals surface area (Å²) in [6, 6.07) is 3.89. The molecule has 1 aromatic heterocycles. The molecule has 1 saturated heterocycles. The highest BCUT2D eigenvalue weighted by atomic mass is 32.2. The minimum atomic E-state index is -0.0152. The second-order valence-corrected chi connectivity index (χ2v) is 5.65. The lowest BCUT2D eigenvalue weighted by molar-refractivity contribution is 0.0695. The van der Waals surface area contributed by atoms with Gasteiger partial charge in [0.1, 0.15) is 5.03 Å². The van der Waals surface area contributed by atoms with Gasteiger partial charge in [-0.2, -0.15) is 0 Å². The predicted molar refractivity (Wildman–Crippen MR) is 76.6 cm³/mol. The van der Waals surface area contributed by atoms with E-state index in [2.05, 4.69) is 17.2 Å². The highest BCUT2D eigenvalue weighted by molar-refractivity contribution is 7.99. The molecule has 1 amide bonds. The number of aromatic nitrogens is 1. The van der Waals surface area contributed by atoms with Crippen LogP contribution in [0.5, 0.6) is 0 Å². The Bertz CT molecular complexity index is 420. The fourth-order valence-electron chi connectivity index (χ4n) is 1.98. The second-order valence-electron chi connectivity index (χ2n) is 4.56. The normalized spacial score (nSPS) is 16.3. The van der Waals surface area contributed by atoms with Crippen LogP contribution in [-0.4, -0.2) is 35.9 Å². The topological polar surface area (TPSA) is 51.2 Å².